The van der Waals surface area contributed by atoms with Crippen LogP contribution < -0.4 is 10.6 Å². The third kappa shape index (κ3) is 3.01. The molecule has 2 unspecified atom stereocenters. The van der Waals surface area contributed by atoms with Crippen LogP contribution in [0.4, 0.5) is 0 Å². The van der Waals surface area contributed by atoms with Crippen molar-refractivity contribution in [3.63, 3.8) is 0 Å². The molecule has 2 saturated heterocycles. The summed E-state index contributed by atoms with van der Waals surface area (Å²) in [7, 11) is 0. The van der Waals surface area contributed by atoms with Gasteiger partial charge < -0.3 is 10.6 Å². The second kappa shape index (κ2) is 5.38. The summed E-state index contributed by atoms with van der Waals surface area (Å²) in [5, 5.41) is 6.91. The molecule has 0 aromatic rings. The lowest BCUT2D eigenvalue weighted by atomic mass is 10.0. The maximum atomic E-state index is 3.46. The Bertz CT molecular complexity index is 192. The van der Waals surface area contributed by atoms with Gasteiger partial charge in [-0.1, -0.05) is 11.8 Å². The van der Waals surface area contributed by atoms with Gasteiger partial charge in [-0.15, -0.1) is 0 Å². The molecular weight excluding hydrogens is 172 g/mol. The van der Waals surface area contributed by atoms with Gasteiger partial charge in [0.25, 0.3) is 0 Å². The van der Waals surface area contributed by atoms with Crippen molar-refractivity contribution in [1.82, 2.24) is 10.6 Å². The average molecular weight is 192 g/mol. The Morgan fingerprint density at radius 3 is 1.57 bits per heavy atom. The Hall–Kier alpha value is -0.520. The van der Waals surface area contributed by atoms with Crippen LogP contribution in [0.2, 0.25) is 0 Å². The first-order valence-corrected chi connectivity index (χ1v) is 5.93. The third-order valence-electron chi connectivity index (χ3n) is 3.05. The van der Waals surface area contributed by atoms with Crippen molar-refractivity contribution in [3.8, 4) is 11.8 Å². The predicted molar refractivity (Wildman–Crippen MR) is 59.1 cm³/mol. The molecule has 0 aliphatic carbocycles. The number of hydrogen-bond acceptors (Lipinski definition) is 2. The summed E-state index contributed by atoms with van der Waals surface area (Å²) in [5.41, 5.74) is 0. The van der Waals surface area contributed by atoms with E-state index < -0.39 is 0 Å². The van der Waals surface area contributed by atoms with E-state index in [0.29, 0.717) is 12.1 Å². The van der Waals surface area contributed by atoms with Gasteiger partial charge in [0.05, 0.1) is 12.1 Å². The largest absolute Gasteiger partial charge is 0.304 e. The quantitative estimate of drug-likeness (QED) is 0.565. The zero-order valence-electron chi connectivity index (χ0n) is 8.81. The Balaban J connectivity index is 1.78. The van der Waals surface area contributed by atoms with Crippen LogP contribution in [0.15, 0.2) is 0 Å². The summed E-state index contributed by atoms with van der Waals surface area (Å²) in [6.07, 6.45) is 7.79. The number of piperidine rings is 2. The fourth-order valence-electron chi connectivity index (χ4n) is 2.15. The van der Waals surface area contributed by atoms with E-state index in [1.807, 2.05) is 0 Å². The minimum Gasteiger partial charge on any atom is -0.304 e. The molecule has 0 saturated carbocycles. The summed E-state index contributed by atoms with van der Waals surface area (Å²) < 4.78 is 0. The minimum atomic E-state index is 0.465. The summed E-state index contributed by atoms with van der Waals surface area (Å²) in [4.78, 5) is 0. The summed E-state index contributed by atoms with van der Waals surface area (Å²) in [5.74, 6) is 6.74. The van der Waals surface area contributed by atoms with Crippen molar-refractivity contribution in [1.29, 1.82) is 0 Å². The van der Waals surface area contributed by atoms with Crippen molar-refractivity contribution < 1.29 is 0 Å². The number of nitrogens with one attached hydrogen (secondary N) is 2. The van der Waals surface area contributed by atoms with E-state index in [1.165, 1.54) is 38.5 Å². The molecule has 0 aromatic carbocycles. The lowest BCUT2D eigenvalue weighted by molar-refractivity contribution is 0.454. The van der Waals surface area contributed by atoms with Gasteiger partial charge in [-0.05, 0) is 51.6 Å². The van der Waals surface area contributed by atoms with Gasteiger partial charge in [0.15, 0.2) is 0 Å². The Morgan fingerprint density at radius 2 is 1.21 bits per heavy atom. The van der Waals surface area contributed by atoms with Crippen LogP contribution in [0.25, 0.3) is 0 Å². The van der Waals surface area contributed by atoms with Gasteiger partial charge in [0.2, 0.25) is 0 Å². The minimum absolute atomic E-state index is 0.465. The van der Waals surface area contributed by atoms with Crippen molar-refractivity contribution in [2.75, 3.05) is 13.1 Å². The highest BCUT2D eigenvalue weighted by Gasteiger charge is 2.11. The van der Waals surface area contributed by atoms with E-state index in [0.717, 1.165) is 13.1 Å². The normalized spacial score (nSPS) is 33.1. The molecule has 0 radical (unpaired) electrons. The molecule has 78 valence electrons. The van der Waals surface area contributed by atoms with Crippen LogP contribution in [0, 0.1) is 11.8 Å². The van der Waals surface area contributed by atoms with Crippen molar-refractivity contribution in [2.45, 2.75) is 50.6 Å². The number of hydrogen-bond donors (Lipinski definition) is 2. The van der Waals surface area contributed by atoms with E-state index >= 15 is 0 Å². The van der Waals surface area contributed by atoms with E-state index in [4.69, 9.17) is 0 Å². The SMILES string of the molecule is C(#CC1CCCCN1)C1CCCCN1. The van der Waals surface area contributed by atoms with Crippen molar-refractivity contribution in [3.05, 3.63) is 0 Å². The van der Waals surface area contributed by atoms with E-state index in [2.05, 4.69) is 22.5 Å². The monoisotopic (exact) mass is 192 g/mol. The second-order valence-corrected chi connectivity index (χ2v) is 4.29. The first kappa shape index (κ1) is 10.0. The van der Waals surface area contributed by atoms with Gasteiger partial charge in [-0.3, -0.25) is 0 Å². The average Bonchev–Trinajstić information content (AvgIpc) is 2.29. The summed E-state index contributed by atoms with van der Waals surface area (Å²) in [6.45, 7) is 2.30. The zero-order chi connectivity index (χ0) is 9.64. The maximum absolute atomic E-state index is 3.46. The zero-order valence-corrected chi connectivity index (χ0v) is 8.81. The van der Waals surface area contributed by atoms with Crippen molar-refractivity contribution >= 4 is 0 Å². The molecule has 0 amide bonds. The molecule has 0 aromatic heterocycles. The molecule has 2 atom stereocenters. The highest BCUT2D eigenvalue weighted by atomic mass is 14.9. The van der Waals surface area contributed by atoms with Crippen LogP contribution in [-0.4, -0.2) is 25.2 Å². The Labute approximate surface area is 86.8 Å². The summed E-state index contributed by atoms with van der Waals surface area (Å²) in [6, 6.07) is 0.931. The van der Waals surface area contributed by atoms with E-state index in [1.54, 1.807) is 0 Å². The Kier molecular flexibility index (Phi) is 3.85. The van der Waals surface area contributed by atoms with Crippen LogP contribution in [0.3, 0.4) is 0 Å². The molecule has 2 heteroatoms. The molecule has 2 fully saturated rings. The first-order valence-electron chi connectivity index (χ1n) is 5.93. The Morgan fingerprint density at radius 1 is 0.714 bits per heavy atom. The topological polar surface area (TPSA) is 24.1 Å². The van der Waals surface area contributed by atoms with Gasteiger partial charge in [0.1, 0.15) is 0 Å². The molecule has 2 aliphatic heterocycles. The maximum Gasteiger partial charge on any atom is 0.0690 e. The molecule has 2 N–H and O–H groups in total. The van der Waals surface area contributed by atoms with Crippen LogP contribution >= 0.6 is 0 Å². The molecule has 2 heterocycles. The van der Waals surface area contributed by atoms with E-state index in [-0.39, 0.29) is 0 Å². The molecule has 2 aliphatic rings. The molecular formula is C12H20N2. The van der Waals surface area contributed by atoms with Gasteiger partial charge >= 0.3 is 0 Å². The van der Waals surface area contributed by atoms with Crippen LogP contribution in [0.1, 0.15) is 38.5 Å². The molecule has 0 bridgehead atoms. The molecule has 14 heavy (non-hydrogen) atoms. The van der Waals surface area contributed by atoms with Crippen LogP contribution in [0.5, 0.6) is 0 Å². The predicted octanol–water partition coefficient (Wildman–Crippen LogP) is 1.27. The van der Waals surface area contributed by atoms with Gasteiger partial charge in [-0.25, -0.2) is 0 Å². The van der Waals surface area contributed by atoms with Crippen LogP contribution in [-0.2, 0) is 0 Å². The highest BCUT2D eigenvalue weighted by molar-refractivity contribution is 5.14. The lowest BCUT2D eigenvalue weighted by Crippen LogP contribution is -2.35. The second-order valence-electron chi connectivity index (χ2n) is 4.29. The smallest absolute Gasteiger partial charge is 0.0690 e. The fraction of sp³-hybridized carbons (Fsp3) is 0.833. The van der Waals surface area contributed by atoms with Gasteiger partial charge in [0, 0.05) is 0 Å². The fourth-order valence-corrected chi connectivity index (χ4v) is 2.15. The standard InChI is InChI=1S/C12H20N2/c1-3-9-13-11(5-1)7-8-12-6-2-4-10-14-12/h11-14H,1-6,9-10H2. The summed E-state index contributed by atoms with van der Waals surface area (Å²) >= 11 is 0. The molecule has 2 rings (SSSR count). The number of rotatable bonds is 0. The van der Waals surface area contributed by atoms with Gasteiger partial charge in [-0.2, -0.15) is 0 Å². The highest BCUT2D eigenvalue weighted by Crippen LogP contribution is 2.08. The molecule has 2 nitrogen and oxygen atoms in total. The lowest BCUT2D eigenvalue weighted by Gasteiger charge is -2.20. The van der Waals surface area contributed by atoms with Crippen molar-refractivity contribution in [2.24, 2.45) is 0 Å². The molecule has 0 spiro atoms. The first-order chi connectivity index (χ1) is 6.95. The van der Waals surface area contributed by atoms with E-state index in [9.17, 15) is 0 Å². The third-order valence-corrected chi connectivity index (χ3v) is 3.05.